The molecule has 0 aromatic heterocycles. The fraction of sp³-hybridized carbons (Fsp3) is 0.345. The van der Waals surface area contributed by atoms with E-state index in [1.807, 2.05) is 18.2 Å². The van der Waals surface area contributed by atoms with Gasteiger partial charge < -0.3 is 39.2 Å². The van der Waals surface area contributed by atoms with Crippen molar-refractivity contribution in [2.45, 2.75) is 6.92 Å². The molecule has 0 spiro atoms. The third kappa shape index (κ3) is 10.6. The monoisotopic (exact) mass is 586 g/mol. The van der Waals surface area contributed by atoms with Gasteiger partial charge in [0.15, 0.2) is 11.5 Å². The number of aliphatic imine (C=N–C) groups is 1. The SMILES string of the molecule is CCOC(=O)C1=C(O)/C(=C/c2ccc(OCCOCCOCCOCCNC=O)c(O)c2)SC1=Nc1ccccc1. The van der Waals surface area contributed by atoms with Crippen LogP contribution in [-0.4, -0.2) is 87.0 Å². The summed E-state index contributed by atoms with van der Waals surface area (Å²) in [6.07, 6.45) is 2.27. The number of rotatable bonds is 18. The first-order valence-electron chi connectivity index (χ1n) is 13.0. The van der Waals surface area contributed by atoms with Crippen LogP contribution in [0.5, 0.6) is 11.5 Å². The lowest BCUT2D eigenvalue weighted by molar-refractivity contribution is -0.138. The van der Waals surface area contributed by atoms with Crippen LogP contribution >= 0.6 is 11.8 Å². The second-order valence-electron chi connectivity index (χ2n) is 8.29. The zero-order valence-corrected chi connectivity index (χ0v) is 23.6. The molecule has 2 aromatic carbocycles. The number of nitrogens with one attached hydrogen (secondary N) is 1. The van der Waals surface area contributed by atoms with E-state index in [2.05, 4.69) is 10.3 Å². The number of carbonyl (C=O) groups excluding carboxylic acids is 2. The highest BCUT2D eigenvalue weighted by Crippen LogP contribution is 2.40. The Labute approximate surface area is 242 Å². The number of hydrogen-bond acceptors (Lipinski definition) is 11. The number of esters is 1. The molecule has 1 heterocycles. The van der Waals surface area contributed by atoms with Crippen LogP contribution in [0.15, 0.2) is 69.8 Å². The van der Waals surface area contributed by atoms with E-state index in [4.69, 9.17) is 23.7 Å². The molecule has 0 saturated heterocycles. The van der Waals surface area contributed by atoms with Crippen LogP contribution < -0.4 is 10.1 Å². The molecular formula is C29H34N2O9S. The van der Waals surface area contributed by atoms with Crippen molar-refractivity contribution < 1.29 is 43.5 Å². The molecule has 11 nitrogen and oxygen atoms in total. The molecule has 0 saturated carbocycles. The summed E-state index contributed by atoms with van der Waals surface area (Å²) >= 11 is 1.14. The maximum atomic E-state index is 12.6. The van der Waals surface area contributed by atoms with Gasteiger partial charge in [0, 0.05) is 6.54 Å². The topological polar surface area (TPSA) is 145 Å². The van der Waals surface area contributed by atoms with Gasteiger partial charge in [-0.1, -0.05) is 36.0 Å². The van der Waals surface area contributed by atoms with Gasteiger partial charge in [-0.3, -0.25) is 4.79 Å². The number of benzene rings is 2. The van der Waals surface area contributed by atoms with Gasteiger partial charge in [0.2, 0.25) is 6.41 Å². The molecule has 0 radical (unpaired) electrons. The Balaban J connectivity index is 1.49. The van der Waals surface area contributed by atoms with Gasteiger partial charge >= 0.3 is 5.97 Å². The Kier molecular flexibility index (Phi) is 13.7. The van der Waals surface area contributed by atoms with Crippen molar-refractivity contribution in [1.29, 1.82) is 0 Å². The molecule has 0 bridgehead atoms. The minimum atomic E-state index is -0.662. The fourth-order valence-corrected chi connectivity index (χ4v) is 4.49. The van der Waals surface area contributed by atoms with Gasteiger partial charge in [0.25, 0.3) is 0 Å². The summed E-state index contributed by atoms with van der Waals surface area (Å²) in [5.74, 6) is -0.694. The normalized spacial score (nSPS) is 15.0. The minimum absolute atomic E-state index is 0.00139. The lowest BCUT2D eigenvalue weighted by Gasteiger charge is -2.10. The van der Waals surface area contributed by atoms with Crippen molar-refractivity contribution in [3.8, 4) is 11.5 Å². The van der Waals surface area contributed by atoms with E-state index in [0.717, 1.165) is 11.8 Å². The van der Waals surface area contributed by atoms with Gasteiger partial charge in [0.1, 0.15) is 23.0 Å². The summed E-state index contributed by atoms with van der Waals surface area (Å²) in [6, 6.07) is 13.9. The molecule has 2 aromatic rings. The quantitative estimate of drug-likeness (QED) is 0.134. The molecule has 41 heavy (non-hydrogen) atoms. The van der Waals surface area contributed by atoms with Crippen molar-refractivity contribution in [3.63, 3.8) is 0 Å². The van der Waals surface area contributed by atoms with E-state index in [9.17, 15) is 19.8 Å². The number of para-hydroxylation sites is 1. The lowest BCUT2D eigenvalue weighted by Crippen LogP contribution is -2.19. The molecule has 220 valence electrons. The molecular weight excluding hydrogens is 552 g/mol. The van der Waals surface area contributed by atoms with E-state index in [0.29, 0.717) is 73.8 Å². The average Bonchev–Trinajstić information content (AvgIpc) is 3.26. The molecule has 1 aliphatic rings. The minimum Gasteiger partial charge on any atom is -0.506 e. The Morgan fingerprint density at radius 2 is 1.63 bits per heavy atom. The maximum absolute atomic E-state index is 12.6. The number of amides is 1. The van der Waals surface area contributed by atoms with E-state index in [1.54, 1.807) is 37.3 Å². The highest BCUT2D eigenvalue weighted by atomic mass is 32.2. The number of phenols is 1. The second-order valence-corrected chi connectivity index (χ2v) is 9.32. The molecule has 0 aliphatic carbocycles. The highest BCUT2D eigenvalue weighted by Gasteiger charge is 2.33. The van der Waals surface area contributed by atoms with E-state index in [-0.39, 0.29) is 36.0 Å². The number of nitrogens with zero attached hydrogens (tertiary/aromatic N) is 1. The van der Waals surface area contributed by atoms with E-state index < -0.39 is 5.97 Å². The number of aliphatic hydroxyl groups is 1. The number of thioether (sulfide) groups is 1. The smallest absolute Gasteiger partial charge is 0.344 e. The number of aliphatic hydroxyl groups excluding tert-OH is 1. The number of ether oxygens (including phenoxy) is 5. The van der Waals surface area contributed by atoms with Crippen LogP contribution in [0.1, 0.15) is 12.5 Å². The Bertz CT molecular complexity index is 1230. The van der Waals surface area contributed by atoms with Crippen LogP contribution in [0.4, 0.5) is 5.69 Å². The molecule has 3 N–H and O–H groups in total. The third-order valence-electron chi connectivity index (χ3n) is 5.34. The van der Waals surface area contributed by atoms with Gasteiger partial charge in [-0.25, -0.2) is 9.79 Å². The largest absolute Gasteiger partial charge is 0.506 e. The summed E-state index contributed by atoms with van der Waals surface area (Å²) in [4.78, 5) is 27.6. The molecule has 3 rings (SSSR count). The molecule has 0 atom stereocenters. The van der Waals surface area contributed by atoms with Gasteiger partial charge in [-0.05, 0) is 42.8 Å². The first-order valence-corrected chi connectivity index (χ1v) is 13.9. The summed E-state index contributed by atoms with van der Waals surface area (Å²) in [5, 5.41) is 24.1. The zero-order chi connectivity index (χ0) is 29.3. The summed E-state index contributed by atoms with van der Waals surface area (Å²) in [5.41, 5.74) is 1.22. The predicted octanol–water partition coefficient (Wildman–Crippen LogP) is 3.76. The predicted molar refractivity (Wildman–Crippen MR) is 156 cm³/mol. The Hall–Kier alpha value is -3.84. The summed E-state index contributed by atoms with van der Waals surface area (Å²) in [7, 11) is 0. The molecule has 1 aliphatic heterocycles. The summed E-state index contributed by atoms with van der Waals surface area (Å²) in [6.45, 7) is 4.91. The van der Waals surface area contributed by atoms with Crippen molar-refractivity contribution in [2.75, 3.05) is 59.4 Å². The van der Waals surface area contributed by atoms with Crippen LogP contribution in [0.3, 0.4) is 0 Å². The zero-order valence-electron chi connectivity index (χ0n) is 22.7. The Morgan fingerprint density at radius 3 is 2.29 bits per heavy atom. The van der Waals surface area contributed by atoms with Crippen LogP contribution in [-0.2, 0) is 28.5 Å². The van der Waals surface area contributed by atoms with Crippen molar-refractivity contribution >= 4 is 40.9 Å². The summed E-state index contributed by atoms with van der Waals surface area (Å²) < 4.78 is 26.8. The fourth-order valence-electron chi connectivity index (χ4n) is 3.45. The van der Waals surface area contributed by atoms with Crippen molar-refractivity contribution in [3.05, 3.63) is 70.3 Å². The second kappa shape index (κ2) is 17.8. The standard InChI is InChI=1S/C29H34N2O9S/c1-2-39-29(35)26-27(34)25(41-28(26)31-22-6-4-3-5-7-22)19-21-8-9-24(23(33)18-21)40-17-16-38-15-14-37-13-12-36-11-10-30-20-32/h3-9,18-20,33-34H,2,10-17H2,1H3,(H,30,32)/b25-19-,31-28?. The molecule has 0 unspecified atom stereocenters. The van der Waals surface area contributed by atoms with Crippen LogP contribution in [0, 0.1) is 0 Å². The van der Waals surface area contributed by atoms with E-state index >= 15 is 0 Å². The number of carbonyl (C=O) groups is 2. The third-order valence-corrected chi connectivity index (χ3v) is 6.36. The molecule has 0 fully saturated rings. The van der Waals surface area contributed by atoms with Crippen LogP contribution in [0.25, 0.3) is 6.08 Å². The molecule has 12 heteroatoms. The van der Waals surface area contributed by atoms with Gasteiger partial charge in [-0.15, -0.1) is 0 Å². The van der Waals surface area contributed by atoms with Crippen molar-refractivity contribution in [1.82, 2.24) is 5.32 Å². The maximum Gasteiger partial charge on any atom is 0.344 e. The van der Waals surface area contributed by atoms with E-state index in [1.165, 1.54) is 6.07 Å². The van der Waals surface area contributed by atoms with Gasteiger partial charge in [0.05, 0.1) is 56.8 Å². The molecule has 1 amide bonds. The Morgan fingerprint density at radius 1 is 0.951 bits per heavy atom. The van der Waals surface area contributed by atoms with Gasteiger partial charge in [-0.2, -0.15) is 0 Å². The number of aromatic hydroxyl groups is 1. The first-order chi connectivity index (χ1) is 20.0. The number of phenolic OH excluding ortho intramolecular Hbond substituents is 1. The average molecular weight is 587 g/mol. The van der Waals surface area contributed by atoms with Crippen molar-refractivity contribution in [2.24, 2.45) is 4.99 Å². The van der Waals surface area contributed by atoms with Crippen LogP contribution in [0.2, 0.25) is 0 Å². The highest BCUT2D eigenvalue weighted by molar-refractivity contribution is 8.18. The first kappa shape index (κ1) is 31.7. The lowest BCUT2D eigenvalue weighted by atomic mass is 10.1. The number of hydrogen-bond donors (Lipinski definition) is 3.